The van der Waals surface area contributed by atoms with Crippen molar-refractivity contribution in [1.29, 1.82) is 0 Å². The minimum Gasteiger partial charge on any atom is -0.455 e. The van der Waals surface area contributed by atoms with Crippen LogP contribution in [0.4, 0.5) is 10.5 Å². The average molecular weight is 384 g/mol. The summed E-state index contributed by atoms with van der Waals surface area (Å²) in [5.74, 6) is 1.26. The van der Waals surface area contributed by atoms with Crippen molar-refractivity contribution in [2.24, 2.45) is 5.92 Å². The summed E-state index contributed by atoms with van der Waals surface area (Å²) < 4.78 is 11.0. The summed E-state index contributed by atoms with van der Waals surface area (Å²) in [5.41, 5.74) is -0.176. The molecule has 2 aromatic rings. The van der Waals surface area contributed by atoms with Crippen LogP contribution < -0.4 is 10.1 Å². The monoisotopic (exact) mass is 384 g/mol. The third-order valence-electron chi connectivity index (χ3n) is 5.35. The Hall–Kier alpha value is -2.57. The van der Waals surface area contributed by atoms with Crippen LogP contribution in [0.2, 0.25) is 0 Å². The first-order valence-electron chi connectivity index (χ1n) is 9.61. The molecular weight excluding hydrogens is 356 g/mol. The molecule has 0 aliphatic carbocycles. The molecule has 1 heterocycles. The first-order valence-corrected chi connectivity index (χ1v) is 9.61. The van der Waals surface area contributed by atoms with Gasteiger partial charge in [0.1, 0.15) is 5.75 Å². The average Bonchev–Trinajstić information content (AvgIpc) is 2.71. The number of hydrogen-bond donors (Lipinski definition) is 2. The van der Waals surface area contributed by atoms with Crippen molar-refractivity contribution in [2.45, 2.75) is 25.4 Å². The van der Waals surface area contributed by atoms with E-state index >= 15 is 0 Å². The summed E-state index contributed by atoms with van der Waals surface area (Å²) in [6.45, 7) is 3.48. The zero-order valence-corrected chi connectivity index (χ0v) is 16.4. The Balaban J connectivity index is 1.64. The summed E-state index contributed by atoms with van der Waals surface area (Å²) in [7, 11) is 1.63. The maximum absolute atomic E-state index is 12.8. The van der Waals surface area contributed by atoms with Gasteiger partial charge in [-0.25, -0.2) is 4.79 Å². The molecule has 0 aromatic heterocycles. The standard InChI is InChI=1S/C22H28N2O4/c1-17-16-24(14-12-22(17,26)13-15-27-2)21(25)23-19-10-6-7-11-20(19)28-18-8-4-3-5-9-18/h3-11,17,26H,12-16H2,1-2H3,(H,23,25)/t17-,22-/m0/s1. The highest BCUT2D eigenvalue weighted by atomic mass is 16.5. The van der Waals surface area contributed by atoms with E-state index in [1.807, 2.05) is 61.5 Å². The molecule has 0 saturated carbocycles. The SMILES string of the molecule is COCC[C@@]1(O)CCN(C(=O)Nc2ccccc2Oc2ccccc2)C[C@@H]1C. The predicted octanol–water partition coefficient (Wildman–Crippen LogP) is 4.12. The lowest BCUT2D eigenvalue weighted by Crippen LogP contribution is -2.53. The second kappa shape index (κ2) is 9.08. The highest BCUT2D eigenvalue weighted by molar-refractivity contribution is 5.91. The fourth-order valence-corrected chi connectivity index (χ4v) is 3.47. The number of urea groups is 1. The number of carbonyl (C=O) groups is 1. The molecule has 0 bridgehead atoms. The van der Waals surface area contributed by atoms with Gasteiger partial charge >= 0.3 is 6.03 Å². The zero-order valence-electron chi connectivity index (χ0n) is 16.4. The number of hydrogen-bond acceptors (Lipinski definition) is 4. The third kappa shape index (κ3) is 4.82. The van der Waals surface area contributed by atoms with Gasteiger partial charge in [-0.3, -0.25) is 0 Å². The van der Waals surface area contributed by atoms with Crippen LogP contribution in [-0.2, 0) is 4.74 Å². The van der Waals surface area contributed by atoms with Gasteiger partial charge in [-0.1, -0.05) is 37.3 Å². The largest absolute Gasteiger partial charge is 0.455 e. The molecule has 2 N–H and O–H groups in total. The molecule has 0 unspecified atom stereocenters. The topological polar surface area (TPSA) is 71.0 Å². The Morgan fingerprint density at radius 1 is 1.21 bits per heavy atom. The van der Waals surface area contributed by atoms with Gasteiger partial charge in [-0.15, -0.1) is 0 Å². The Morgan fingerprint density at radius 3 is 2.64 bits per heavy atom. The van der Waals surface area contributed by atoms with Crippen LogP contribution in [-0.4, -0.2) is 48.4 Å². The van der Waals surface area contributed by atoms with Crippen LogP contribution >= 0.6 is 0 Å². The Kier molecular flexibility index (Phi) is 6.54. The van der Waals surface area contributed by atoms with Gasteiger partial charge in [0.15, 0.2) is 5.75 Å². The number of methoxy groups -OCH3 is 1. The van der Waals surface area contributed by atoms with Crippen LogP contribution in [0.1, 0.15) is 19.8 Å². The Bertz CT molecular complexity index is 783. The van der Waals surface area contributed by atoms with Crippen molar-refractivity contribution in [3.8, 4) is 11.5 Å². The van der Waals surface area contributed by atoms with E-state index < -0.39 is 5.60 Å². The number of aliphatic hydroxyl groups is 1. The van der Waals surface area contributed by atoms with Crippen molar-refractivity contribution < 1.29 is 19.4 Å². The summed E-state index contributed by atoms with van der Waals surface area (Å²) in [6.07, 6.45) is 1.11. The Morgan fingerprint density at radius 2 is 1.93 bits per heavy atom. The van der Waals surface area contributed by atoms with Gasteiger partial charge in [0.25, 0.3) is 0 Å². The lowest BCUT2D eigenvalue weighted by atomic mass is 9.80. The van der Waals surface area contributed by atoms with E-state index in [9.17, 15) is 9.90 Å². The third-order valence-corrected chi connectivity index (χ3v) is 5.35. The van der Waals surface area contributed by atoms with E-state index in [-0.39, 0.29) is 11.9 Å². The van der Waals surface area contributed by atoms with E-state index in [0.717, 1.165) is 0 Å². The normalized spacial score (nSPS) is 22.0. The number of likely N-dealkylation sites (tertiary alicyclic amines) is 1. The number of amides is 2. The molecule has 2 atom stereocenters. The number of nitrogens with one attached hydrogen (secondary N) is 1. The second-order valence-electron chi connectivity index (χ2n) is 7.28. The maximum atomic E-state index is 12.8. The van der Waals surface area contributed by atoms with Crippen LogP contribution in [0.5, 0.6) is 11.5 Å². The molecule has 28 heavy (non-hydrogen) atoms. The van der Waals surface area contributed by atoms with E-state index in [0.29, 0.717) is 49.7 Å². The van der Waals surface area contributed by atoms with Crippen molar-refractivity contribution >= 4 is 11.7 Å². The van der Waals surface area contributed by atoms with E-state index in [1.165, 1.54) is 0 Å². The van der Waals surface area contributed by atoms with E-state index in [1.54, 1.807) is 12.0 Å². The molecule has 3 rings (SSSR count). The molecule has 1 aliphatic rings. The molecule has 1 aliphatic heterocycles. The number of ether oxygens (including phenoxy) is 2. The Labute approximate surface area is 166 Å². The first-order chi connectivity index (χ1) is 13.5. The highest BCUT2D eigenvalue weighted by Crippen LogP contribution is 2.33. The number of carbonyl (C=O) groups excluding carboxylic acids is 1. The molecule has 0 spiro atoms. The van der Waals surface area contributed by atoms with Crippen molar-refractivity contribution in [3.05, 3.63) is 54.6 Å². The fourth-order valence-electron chi connectivity index (χ4n) is 3.47. The first kappa shape index (κ1) is 20.2. The fraction of sp³-hybridized carbons (Fsp3) is 0.409. The number of benzene rings is 2. The second-order valence-corrected chi connectivity index (χ2v) is 7.28. The molecule has 6 nitrogen and oxygen atoms in total. The van der Waals surface area contributed by atoms with Gasteiger partial charge in [-0.2, -0.15) is 0 Å². The molecule has 0 radical (unpaired) electrons. The van der Waals surface area contributed by atoms with Crippen LogP contribution in [0.15, 0.2) is 54.6 Å². The van der Waals surface area contributed by atoms with Gasteiger partial charge in [0.2, 0.25) is 0 Å². The lowest BCUT2D eigenvalue weighted by Gasteiger charge is -2.43. The lowest BCUT2D eigenvalue weighted by molar-refractivity contribution is -0.0725. The smallest absolute Gasteiger partial charge is 0.321 e. The molecule has 150 valence electrons. The number of piperidine rings is 1. The number of para-hydroxylation sites is 3. The quantitative estimate of drug-likeness (QED) is 0.786. The number of anilines is 1. The summed E-state index contributed by atoms with van der Waals surface area (Å²) >= 11 is 0. The molecule has 1 fully saturated rings. The van der Waals surface area contributed by atoms with Crippen LogP contribution in [0, 0.1) is 5.92 Å². The molecule has 1 saturated heterocycles. The van der Waals surface area contributed by atoms with Gasteiger partial charge in [0, 0.05) is 32.7 Å². The minimum absolute atomic E-state index is 0.0297. The van der Waals surface area contributed by atoms with Crippen LogP contribution in [0.25, 0.3) is 0 Å². The molecule has 2 amide bonds. The van der Waals surface area contributed by atoms with E-state index in [4.69, 9.17) is 9.47 Å². The van der Waals surface area contributed by atoms with Crippen molar-refractivity contribution in [3.63, 3.8) is 0 Å². The number of nitrogens with zero attached hydrogens (tertiary/aromatic N) is 1. The molecule has 6 heteroatoms. The maximum Gasteiger partial charge on any atom is 0.321 e. The van der Waals surface area contributed by atoms with Gasteiger partial charge in [0.05, 0.1) is 11.3 Å². The summed E-state index contributed by atoms with van der Waals surface area (Å²) in [6, 6.07) is 16.6. The van der Waals surface area contributed by atoms with Gasteiger partial charge in [-0.05, 0) is 37.1 Å². The predicted molar refractivity (Wildman–Crippen MR) is 109 cm³/mol. The number of rotatable bonds is 6. The zero-order chi connectivity index (χ0) is 20.0. The summed E-state index contributed by atoms with van der Waals surface area (Å²) in [5, 5.41) is 13.8. The van der Waals surface area contributed by atoms with E-state index in [2.05, 4.69) is 5.32 Å². The molecule has 2 aromatic carbocycles. The highest BCUT2D eigenvalue weighted by Gasteiger charge is 2.39. The van der Waals surface area contributed by atoms with Gasteiger partial charge < -0.3 is 24.8 Å². The minimum atomic E-state index is -0.791. The molecular formula is C22H28N2O4. The summed E-state index contributed by atoms with van der Waals surface area (Å²) in [4.78, 5) is 14.5. The van der Waals surface area contributed by atoms with Crippen LogP contribution in [0.3, 0.4) is 0 Å². The van der Waals surface area contributed by atoms with Crippen molar-refractivity contribution in [1.82, 2.24) is 4.90 Å². The van der Waals surface area contributed by atoms with Crippen molar-refractivity contribution in [2.75, 3.05) is 32.1 Å².